The van der Waals surface area contributed by atoms with Gasteiger partial charge in [-0.1, -0.05) is 49.6 Å². The zero-order chi connectivity index (χ0) is 15.4. The summed E-state index contributed by atoms with van der Waals surface area (Å²) in [7, 11) is 0. The topological polar surface area (TPSA) is 46.3 Å². The fraction of sp³-hybridized carbons (Fsp3) is 0.632. The van der Waals surface area contributed by atoms with Crippen LogP contribution in [-0.2, 0) is 11.2 Å². The molecule has 1 aliphatic carbocycles. The van der Waals surface area contributed by atoms with Crippen molar-refractivity contribution in [1.29, 1.82) is 0 Å². The first kappa shape index (κ1) is 18.3. The minimum absolute atomic E-state index is 0. The predicted molar refractivity (Wildman–Crippen MR) is 96.7 cm³/mol. The Morgan fingerprint density at radius 3 is 2.26 bits per heavy atom. The van der Waals surface area contributed by atoms with Gasteiger partial charge in [0.2, 0.25) is 5.91 Å². The minimum atomic E-state index is -0.400. The van der Waals surface area contributed by atoms with Gasteiger partial charge >= 0.3 is 0 Å². The second-order valence-corrected chi connectivity index (χ2v) is 7.18. The van der Waals surface area contributed by atoms with Crippen molar-refractivity contribution < 1.29 is 4.79 Å². The monoisotopic (exact) mass is 336 g/mol. The molecule has 0 radical (unpaired) electrons. The maximum Gasteiger partial charge on any atom is 0.239 e. The quantitative estimate of drug-likeness (QED) is 0.917. The number of piperidine rings is 1. The highest BCUT2D eigenvalue weighted by Crippen LogP contribution is 2.44. The molecule has 3 rings (SSSR count). The maximum atomic E-state index is 12.6. The van der Waals surface area contributed by atoms with E-state index < -0.39 is 6.04 Å². The first-order valence-corrected chi connectivity index (χ1v) is 8.77. The standard InChI is InChI=1S/C19H28N2O.ClH/c20-17(15-16-7-3-1-4-8-16)18(22)21-13-11-19(12-14-21)9-5-2-6-10-19;/h1,3-4,7-8,17H,2,5-6,9-15,20H2;1H. The Balaban J connectivity index is 0.00000192. The highest BCUT2D eigenvalue weighted by Gasteiger charge is 2.37. The summed E-state index contributed by atoms with van der Waals surface area (Å²) >= 11 is 0. The van der Waals surface area contributed by atoms with Crippen molar-refractivity contribution in [3.05, 3.63) is 35.9 Å². The fourth-order valence-electron chi connectivity index (χ4n) is 4.19. The lowest BCUT2D eigenvalue weighted by Gasteiger charge is -2.44. The Bertz CT molecular complexity index is 489. The van der Waals surface area contributed by atoms with Gasteiger partial charge in [-0.2, -0.15) is 0 Å². The van der Waals surface area contributed by atoms with Gasteiger partial charge < -0.3 is 10.6 Å². The van der Waals surface area contributed by atoms with E-state index in [0.717, 1.165) is 18.7 Å². The second kappa shape index (κ2) is 8.16. The smallest absolute Gasteiger partial charge is 0.239 e. The number of likely N-dealkylation sites (tertiary alicyclic amines) is 1. The van der Waals surface area contributed by atoms with Crippen molar-refractivity contribution in [3.63, 3.8) is 0 Å². The molecule has 1 atom stereocenters. The van der Waals surface area contributed by atoms with Gasteiger partial charge in [0.25, 0.3) is 0 Å². The van der Waals surface area contributed by atoms with E-state index >= 15 is 0 Å². The number of nitrogens with two attached hydrogens (primary N) is 1. The number of nitrogens with zero attached hydrogens (tertiary/aromatic N) is 1. The molecule has 2 fully saturated rings. The van der Waals surface area contributed by atoms with Crippen LogP contribution in [0.15, 0.2) is 30.3 Å². The molecular weight excluding hydrogens is 308 g/mol. The summed E-state index contributed by atoms with van der Waals surface area (Å²) in [5.41, 5.74) is 7.84. The van der Waals surface area contributed by atoms with Gasteiger partial charge in [0.1, 0.15) is 0 Å². The van der Waals surface area contributed by atoms with Gasteiger partial charge in [-0.3, -0.25) is 4.79 Å². The molecule has 1 spiro atoms. The first-order valence-electron chi connectivity index (χ1n) is 8.77. The third-order valence-corrected chi connectivity index (χ3v) is 5.67. The molecule has 2 aliphatic rings. The number of hydrogen-bond donors (Lipinski definition) is 1. The molecule has 23 heavy (non-hydrogen) atoms. The average molecular weight is 337 g/mol. The molecule has 1 saturated carbocycles. The highest BCUT2D eigenvalue weighted by molar-refractivity contribution is 5.85. The van der Waals surface area contributed by atoms with E-state index in [1.165, 1.54) is 44.9 Å². The summed E-state index contributed by atoms with van der Waals surface area (Å²) in [6.45, 7) is 1.81. The molecule has 1 heterocycles. The summed E-state index contributed by atoms with van der Waals surface area (Å²) in [4.78, 5) is 14.6. The molecule has 1 aliphatic heterocycles. The third-order valence-electron chi connectivity index (χ3n) is 5.67. The largest absolute Gasteiger partial charge is 0.341 e. The zero-order valence-electron chi connectivity index (χ0n) is 13.9. The van der Waals surface area contributed by atoms with Crippen molar-refractivity contribution in [2.75, 3.05) is 13.1 Å². The Hall–Kier alpha value is -1.06. The number of amides is 1. The van der Waals surface area contributed by atoms with E-state index in [-0.39, 0.29) is 18.3 Å². The maximum absolute atomic E-state index is 12.6. The highest BCUT2D eigenvalue weighted by atomic mass is 35.5. The van der Waals surface area contributed by atoms with Gasteiger partial charge in [-0.25, -0.2) is 0 Å². The number of carbonyl (C=O) groups is 1. The van der Waals surface area contributed by atoms with Crippen LogP contribution in [0, 0.1) is 5.41 Å². The van der Waals surface area contributed by atoms with Gasteiger partial charge in [0, 0.05) is 13.1 Å². The molecule has 0 aromatic heterocycles. The van der Waals surface area contributed by atoms with E-state index in [1.807, 2.05) is 35.2 Å². The van der Waals surface area contributed by atoms with Crippen LogP contribution in [0.2, 0.25) is 0 Å². The Morgan fingerprint density at radius 1 is 1.04 bits per heavy atom. The van der Waals surface area contributed by atoms with Crippen molar-refractivity contribution in [1.82, 2.24) is 4.90 Å². The van der Waals surface area contributed by atoms with Crippen molar-refractivity contribution >= 4 is 18.3 Å². The fourth-order valence-corrected chi connectivity index (χ4v) is 4.19. The number of rotatable bonds is 3. The zero-order valence-corrected chi connectivity index (χ0v) is 14.7. The van der Waals surface area contributed by atoms with Gasteiger partial charge in [-0.05, 0) is 43.1 Å². The lowest BCUT2D eigenvalue weighted by Crippen LogP contribution is -2.50. The normalized spacial score (nSPS) is 21.5. The second-order valence-electron chi connectivity index (χ2n) is 7.18. The van der Waals surface area contributed by atoms with Crippen LogP contribution >= 0.6 is 12.4 Å². The van der Waals surface area contributed by atoms with E-state index in [0.29, 0.717) is 11.8 Å². The van der Waals surface area contributed by atoms with Crippen LogP contribution in [0.5, 0.6) is 0 Å². The van der Waals surface area contributed by atoms with Crippen LogP contribution in [0.3, 0.4) is 0 Å². The summed E-state index contributed by atoms with van der Waals surface area (Å²) < 4.78 is 0. The van der Waals surface area contributed by atoms with Crippen LogP contribution < -0.4 is 5.73 Å². The Kier molecular flexibility index (Phi) is 6.49. The number of hydrogen-bond acceptors (Lipinski definition) is 2. The summed E-state index contributed by atoms with van der Waals surface area (Å²) in [5, 5.41) is 0. The molecule has 128 valence electrons. The van der Waals surface area contributed by atoms with E-state index in [1.54, 1.807) is 0 Å². The third kappa shape index (κ3) is 4.48. The molecule has 1 aromatic rings. The van der Waals surface area contributed by atoms with E-state index in [4.69, 9.17) is 5.73 Å². The van der Waals surface area contributed by atoms with Crippen molar-refractivity contribution in [3.8, 4) is 0 Å². The SMILES string of the molecule is Cl.NC(Cc1ccccc1)C(=O)N1CCC2(CCCCC2)CC1. The summed E-state index contributed by atoms with van der Waals surface area (Å²) in [5.74, 6) is 0.134. The average Bonchev–Trinajstić information content (AvgIpc) is 2.56. The van der Waals surface area contributed by atoms with Gasteiger partial charge in [-0.15, -0.1) is 12.4 Å². The lowest BCUT2D eigenvalue weighted by atomic mass is 9.68. The van der Waals surface area contributed by atoms with Gasteiger partial charge in [0.05, 0.1) is 6.04 Å². The Morgan fingerprint density at radius 2 is 1.65 bits per heavy atom. The Labute approximate surface area is 146 Å². The number of benzene rings is 1. The van der Waals surface area contributed by atoms with Crippen molar-refractivity contribution in [2.45, 2.75) is 57.4 Å². The van der Waals surface area contributed by atoms with Crippen LogP contribution in [0.4, 0.5) is 0 Å². The van der Waals surface area contributed by atoms with Gasteiger partial charge in [0.15, 0.2) is 0 Å². The number of carbonyl (C=O) groups excluding carboxylic acids is 1. The molecule has 1 aromatic carbocycles. The number of halogens is 1. The minimum Gasteiger partial charge on any atom is -0.341 e. The van der Waals surface area contributed by atoms with Crippen LogP contribution in [0.1, 0.15) is 50.5 Å². The molecule has 1 amide bonds. The predicted octanol–water partition coefficient (Wildman–Crippen LogP) is 3.55. The summed E-state index contributed by atoms with van der Waals surface area (Å²) in [6.07, 6.45) is 9.88. The molecule has 4 heteroatoms. The van der Waals surface area contributed by atoms with E-state index in [9.17, 15) is 4.79 Å². The van der Waals surface area contributed by atoms with Crippen LogP contribution in [0.25, 0.3) is 0 Å². The molecule has 0 bridgehead atoms. The molecular formula is C19H29ClN2O. The molecule has 1 saturated heterocycles. The lowest BCUT2D eigenvalue weighted by molar-refractivity contribution is -0.135. The van der Waals surface area contributed by atoms with E-state index in [2.05, 4.69) is 0 Å². The first-order chi connectivity index (χ1) is 10.7. The molecule has 2 N–H and O–H groups in total. The van der Waals surface area contributed by atoms with Crippen LogP contribution in [-0.4, -0.2) is 29.9 Å². The van der Waals surface area contributed by atoms with Crippen molar-refractivity contribution in [2.24, 2.45) is 11.1 Å². The molecule has 3 nitrogen and oxygen atoms in total. The molecule has 1 unspecified atom stereocenters. The summed E-state index contributed by atoms with van der Waals surface area (Å²) in [6, 6.07) is 9.68.